The van der Waals surface area contributed by atoms with Gasteiger partial charge in [0, 0.05) is 10.2 Å². The zero-order valence-electron chi connectivity index (χ0n) is 12.3. The van der Waals surface area contributed by atoms with Crippen LogP contribution in [-0.4, -0.2) is 4.98 Å². The van der Waals surface area contributed by atoms with Gasteiger partial charge in [-0.1, -0.05) is 66.2 Å². The molecule has 108 valence electrons. The first-order valence-corrected chi connectivity index (χ1v) is 8.47. The highest BCUT2D eigenvalue weighted by atomic mass is 79.9. The molecule has 0 saturated carbocycles. The van der Waals surface area contributed by atoms with Gasteiger partial charge < -0.3 is 5.32 Å². The quantitative estimate of drug-likeness (QED) is 0.597. The zero-order chi connectivity index (χ0) is 15.0. The van der Waals surface area contributed by atoms with Gasteiger partial charge in [0.2, 0.25) is 0 Å². The lowest BCUT2D eigenvalue weighted by Gasteiger charge is -2.22. The van der Waals surface area contributed by atoms with Crippen molar-refractivity contribution in [1.29, 1.82) is 0 Å². The second-order valence-electron chi connectivity index (χ2n) is 6.05. The summed E-state index contributed by atoms with van der Waals surface area (Å²) in [7, 11) is 0. The van der Waals surface area contributed by atoms with Crippen molar-refractivity contribution in [1.82, 2.24) is 4.98 Å². The van der Waals surface area contributed by atoms with Crippen LogP contribution in [0.3, 0.4) is 0 Å². The van der Waals surface area contributed by atoms with Gasteiger partial charge in [-0.2, -0.15) is 0 Å². The van der Waals surface area contributed by atoms with Gasteiger partial charge in [-0.25, -0.2) is 4.98 Å². The lowest BCUT2D eigenvalue weighted by molar-refractivity contribution is 0.592. The molecule has 2 aromatic carbocycles. The fourth-order valence-electron chi connectivity index (χ4n) is 2.32. The molecule has 0 aliphatic carbocycles. The number of hydrogen-bond donors (Lipinski definition) is 1. The number of nitrogens with one attached hydrogen (secondary N) is 1. The molecule has 2 nitrogen and oxygen atoms in total. The molecule has 0 saturated heterocycles. The van der Waals surface area contributed by atoms with E-state index in [0.717, 1.165) is 20.8 Å². The van der Waals surface area contributed by atoms with Gasteiger partial charge in [0.05, 0.1) is 10.2 Å². The third kappa shape index (κ3) is 3.11. The molecule has 0 bridgehead atoms. The number of hydrogen-bond acceptors (Lipinski definition) is 3. The lowest BCUT2D eigenvalue weighted by atomic mass is 9.86. The summed E-state index contributed by atoms with van der Waals surface area (Å²) in [5.41, 5.74) is 3.54. The summed E-state index contributed by atoms with van der Waals surface area (Å²) >= 11 is 5.17. The van der Waals surface area contributed by atoms with Crippen LogP contribution in [0.2, 0.25) is 0 Å². The number of halogens is 1. The second kappa shape index (κ2) is 5.43. The van der Waals surface area contributed by atoms with Crippen molar-refractivity contribution in [2.75, 3.05) is 5.32 Å². The van der Waals surface area contributed by atoms with Gasteiger partial charge >= 0.3 is 0 Å². The normalized spacial score (nSPS) is 11.8. The number of fused-ring (bicyclic) bond motifs is 1. The standard InChI is InChI=1S/C17H17BrN2S/c1-17(2,3)12-6-4-5-7-13(12)19-16-20-14-10-11(18)8-9-15(14)21-16/h4-10H,1-3H3,(H,19,20). The molecular weight excluding hydrogens is 344 g/mol. The Morgan fingerprint density at radius 3 is 2.62 bits per heavy atom. The maximum atomic E-state index is 4.67. The molecule has 0 aliphatic heterocycles. The van der Waals surface area contributed by atoms with E-state index < -0.39 is 0 Å². The number of thiazole rings is 1. The van der Waals surface area contributed by atoms with Gasteiger partial charge in [0.1, 0.15) is 0 Å². The van der Waals surface area contributed by atoms with Crippen LogP contribution in [0.4, 0.5) is 10.8 Å². The minimum atomic E-state index is 0.100. The van der Waals surface area contributed by atoms with E-state index in [4.69, 9.17) is 0 Å². The van der Waals surface area contributed by atoms with E-state index in [1.807, 2.05) is 12.1 Å². The van der Waals surface area contributed by atoms with Crippen molar-refractivity contribution in [3.63, 3.8) is 0 Å². The van der Waals surface area contributed by atoms with Crippen molar-refractivity contribution in [3.8, 4) is 0 Å². The Balaban J connectivity index is 1.99. The monoisotopic (exact) mass is 360 g/mol. The van der Waals surface area contributed by atoms with Crippen molar-refractivity contribution >= 4 is 48.3 Å². The van der Waals surface area contributed by atoms with Crippen LogP contribution in [0.25, 0.3) is 10.2 Å². The molecule has 3 rings (SSSR count). The van der Waals surface area contributed by atoms with Gasteiger partial charge in [0.25, 0.3) is 0 Å². The Morgan fingerprint density at radius 1 is 1.10 bits per heavy atom. The highest BCUT2D eigenvalue weighted by Gasteiger charge is 2.18. The van der Waals surface area contributed by atoms with Crippen molar-refractivity contribution in [3.05, 3.63) is 52.5 Å². The van der Waals surface area contributed by atoms with E-state index >= 15 is 0 Å². The van der Waals surface area contributed by atoms with E-state index in [9.17, 15) is 0 Å². The third-order valence-electron chi connectivity index (χ3n) is 3.33. The van der Waals surface area contributed by atoms with Crippen molar-refractivity contribution in [2.45, 2.75) is 26.2 Å². The Kier molecular flexibility index (Phi) is 3.76. The van der Waals surface area contributed by atoms with Gasteiger partial charge in [-0.15, -0.1) is 0 Å². The Labute approximate surface area is 137 Å². The summed E-state index contributed by atoms with van der Waals surface area (Å²) in [5, 5.41) is 4.41. The minimum Gasteiger partial charge on any atom is -0.331 e. The number of nitrogens with zero attached hydrogens (tertiary/aromatic N) is 1. The van der Waals surface area contributed by atoms with Gasteiger partial charge in [0.15, 0.2) is 5.13 Å². The Morgan fingerprint density at radius 2 is 1.86 bits per heavy atom. The van der Waals surface area contributed by atoms with E-state index in [1.54, 1.807) is 11.3 Å². The molecule has 0 unspecified atom stereocenters. The maximum absolute atomic E-state index is 4.67. The highest BCUT2D eigenvalue weighted by molar-refractivity contribution is 9.10. The average molecular weight is 361 g/mol. The first kappa shape index (κ1) is 14.5. The summed E-state index contributed by atoms with van der Waals surface area (Å²) in [5.74, 6) is 0. The maximum Gasteiger partial charge on any atom is 0.188 e. The van der Waals surface area contributed by atoms with E-state index in [1.165, 1.54) is 10.3 Å². The number of para-hydroxylation sites is 1. The van der Waals surface area contributed by atoms with E-state index in [-0.39, 0.29) is 5.41 Å². The van der Waals surface area contributed by atoms with Crippen LogP contribution < -0.4 is 5.32 Å². The molecule has 1 heterocycles. The molecule has 0 spiro atoms. The average Bonchev–Trinajstić information content (AvgIpc) is 2.79. The molecule has 0 aliphatic rings. The molecule has 0 fully saturated rings. The zero-order valence-corrected chi connectivity index (χ0v) is 14.7. The molecule has 0 atom stereocenters. The molecule has 1 N–H and O–H groups in total. The van der Waals surface area contributed by atoms with Crippen molar-refractivity contribution < 1.29 is 0 Å². The summed E-state index contributed by atoms with van der Waals surface area (Å²) in [4.78, 5) is 4.67. The summed E-state index contributed by atoms with van der Waals surface area (Å²) in [6.45, 7) is 6.68. The molecule has 3 aromatic rings. The first-order chi connectivity index (χ1) is 9.93. The smallest absolute Gasteiger partial charge is 0.188 e. The second-order valence-corrected chi connectivity index (χ2v) is 8.00. The summed E-state index contributed by atoms with van der Waals surface area (Å²) in [6, 6.07) is 14.6. The van der Waals surface area contributed by atoms with Crippen LogP contribution in [0.1, 0.15) is 26.3 Å². The Bertz CT molecular complexity index is 787. The lowest BCUT2D eigenvalue weighted by Crippen LogP contribution is -2.13. The fraction of sp³-hybridized carbons (Fsp3) is 0.235. The molecule has 1 aromatic heterocycles. The fourth-order valence-corrected chi connectivity index (χ4v) is 3.52. The topological polar surface area (TPSA) is 24.9 Å². The number of aromatic nitrogens is 1. The number of rotatable bonds is 2. The van der Waals surface area contributed by atoms with Crippen LogP contribution in [0, 0.1) is 0 Å². The molecule has 4 heteroatoms. The van der Waals surface area contributed by atoms with Gasteiger partial charge in [-0.3, -0.25) is 0 Å². The van der Waals surface area contributed by atoms with Crippen LogP contribution in [-0.2, 0) is 5.41 Å². The van der Waals surface area contributed by atoms with Crippen LogP contribution >= 0.6 is 27.3 Å². The molecular formula is C17H17BrN2S. The Hall–Kier alpha value is -1.39. The van der Waals surface area contributed by atoms with Crippen LogP contribution in [0.15, 0.2) is 46.9 Å². The third-order valence-corrected chi connectivity index (χ3v) is 4.77. The predicted molar refractivity (Wildman–Crippen MR) is 95.7 cm³/mol. The first-order valence-electron chi connectivity index (χ1n) is 6.86. The largest absolute Gasteiger partial charge is 0.331 e. The highest BCUT2D eigenvalue weighted by Crippen LogP contribution is 2.34. The van der Waals surface area contributed by atoms with Crippen molar-refractivity contribution in [2.24, 2.45) is 0 Å². The SMILES string of the molecule is CC(C)(C)c1ccccc1Nc1nc2cc(Br)ccc2s1. The van der Waals surface area contributed by atoms with Crippen LogP contribution in [0.5, 0.6) is 0 Å². The minimum absolute atomic E-state index is 0.100. The predicted octanol–water partition coefficient (Wildman–Crippen LogP) is 6.10. The summed E-state index contributed by atoms with van der Waals surface area (Å²) < 4.78 is 2.25. The van der Waals surface area contributed by atoms with E-state index in [2.05, 4.69) is 77.3 Å². The molecule has 0 radical (unpaired) electrons. The molecule has 21 heavy (non-hydrogen) atoms. The number of anilines is 2. The van der Waals surface area contributed by atoms with E-state index in [0.29, 0.717) is 0 Å². The van der Waals surface area contributed by atoms with Gasteiger partial charge in [-0.05, 0) is 35.2 Å². The summed E-state index contributed by atoms with van der Waals surface area (Å²) in [6.07, 6.45) is 0. The molecule has 0 amide bonds. The number of benzene rings is 2.